The van der Waals surface area contributed by atoms with E-state index >= 15 is 0 Å². The normalized spacial score (nSPS) is 10.3. The van der Waals surface area contributed by atoms with Crippen molar-refractivity contribution >= 4 is 12.1 Å². The third-order valence-electron chi connectivity index (χ3n) is 3.55. The Morgan fingerprint density at radius 3 is 2.22 bits per heavy atom. The first-order valence-electron chi connectivity index (χ1n) is 8.10. The lowest BCUT2D eigenvalue weighted by atomic mass is 10.2. The van der Waals surface area contributed by atoms with Crippen LogP contribution in [0.25, 0.3) is 0 Å². The molecule has 0 unspecified atom stereocenters. The molecule has 0 aliphatic carbocycles. The maximum Gasteiger partial charge on any atom is 0.271 e. The Hall–Kier alpha value is -3.48. The van der Waals surface area contributed by atoms with E-state index in [0.29, 0.717) is 40.7 Å². The highest BCUT2D eigenvalue weighted by Gasteiger charge is 2.12. The highest BCUT2D eigenvalue weighted by atomic mass is 16.5. The summed E-state index contributed by atoms with van der Waals surface area (Å²) in [5.41, 5.74) is 3.61. The first kappa shape index (κ1) is 19.8. The van der Waals surface area contributed by atoms with Crippen LogP contribution in [0.4, 0.5) is 0 Å². The smallest absolute Gasteiger partial charge is 0.271 e. The summed E-state index contributed by atoms with van der Waals surface area (Å²) >= 11 is 0. The van der Waals surface area contributed by atoms with Gasteiger partial charge in [0.05, 0.1) is 27.5 Å². The van der Waals surface area contributed by atoms with E-state index in [1.54, 1.807) is 42.5 Å². The summed E-state index contributed by atoms with van der Waals surface area (Å²) in [6.07, 6.45) is 3.14. The standard InChI is InChI=1S/C20H22N2O5/c1-5-10-27-16-8-6-15(7-9-16)20(23)22-21-13-14-11-17(24-2)19(26-4)18(12-14)25-3/h5-9,11-13H,1,10H2,2-4H3,(H,22,23). The van der Waals surface area contributed by atoms with Crippen LogP contribution in [0.1, 0.15) is 15.9 Å². The molecule has 0 atom stereocenters. The first-order valence-corrected chi connectivity index (χ1v) is 8.10. The molecular weight excluding hydrogens is 348 g/mol. The van der Waals surface area contributed by atoms with Gasteiger partial charge in [-0.05, 0) is 36.4 Å². The zero-order valence-corrected chi connectivity index (χ0v) is 15.5. The van der Waals surface area contributed by atoms with Gasteiger partial charge in [-0.25, -0.2) is 5.43 Å². The minimum absolute atomic E-state index is 0.339. The molecule has 1 N–H and O–H groups in total. The van der Waals surface area contributed by atoms with Crippen LogP contribution in [-0.2, 0) is 0 Å². The van der Waals surface area contributed by atoms with Crippen LogP contribution in [0.5, 0.6) is 23.0 Å². The van der Waals surface area contributed by atoms with Gasteiger partial charge < -0.3 is 18.9 Å². The van der Waals surface area contributed by atoms with Crippen molar-refractivity contribution < 1.29 is 23.7 Å². The second kappa shape index (κ2) is 9.86. The summed E-state index contributed by atoms with van der Waals surface area (Å²) in [6.45, 7) is 3.99. The summed E-state index contributed by atoms with van der Waals surface area (Å²) in [7, 11) is 4.59. The number of hydrogen-bond acceptors (Lipinski definition) is 6. The minimum Gasteiger partial charge on any atom is -0.493 e. The predicted molar refractivity (Wildman–Crippen MR) is 103 cm³/mol. The quantitative estimate of drug-likeness (QED) is 0.417. The number of amides is 1. The molecule has 1 amide bonds. The van der Waals surface area contributed by atoms with Crippen molar-refractivity contribution in [3.63, 3.8) is 0 Å². The predicted octanol–water partition coefficient (Wildman–Crippen LogP) is 3.04. The number of carbonyl (C=O) groups excluding carboxylic acids is 1. The fraction of sp³-hybridized carbons (Fsp3) is 0.200. The van der Waals surface area contributed by atoms with Crippen molar-refractivity contribution in [2.45, 2.75) is 0 Å². The van der Waals surface area contributed by atoms with Crippen molar-refractivity contribution in [1.82, 2.24) is 5.43 Å². The van der Waals surface area contributed by atoms with Gasteiger partial charge in [-0.2, -0.15) is 5.10 Å². The molecule has 2 aromatic rings. The zero-order chi connectivity index (χ0) is 19.6. The molecule has 27 heavy (non-hydrogen) atoms. The van der Waals surface area contributed by atoms with Gasteiger partial charge in [-0.3, -0.25) is 4.79 Å². The molecule has 142 valence electrons. The Morgan fingerprint density at radius 2 is 1.70 bits per heavy atom. The van der Waals surface area contributed by atoms with Crippen LogP contribution in [0.3, 0.4) is 0 Å². The number of nitrogens with one attached hydrogen (secondary N) is 1. The molecular formula is C20H22N2O5. The number of benzene rings is 2. The molecule has 0 bridgehead atoms. The lowest BCUT2D eigenvalue weighted by molar-refractivity contribution is 0.0955. The lowest BCUT2D eigenvalue weighted by Gasteiger charge is -2.12. The van der Waals surface area contributed by atoms with Crippen molar-refractivity contribution in [2.75, 3.05) is 27.9 Å². The zero-order valence-electron chi connectivity index (χ0n) is 15.5. The Kier molecular flexibility index (Phi) is 7.25. The molecule has 2 aromatic carbocycles. The molecule has 0 saturated carbocycles. The number of carbonyl (C=O) groups is 1. The third-order valence-corrected chi connectivity index (χ3v) is 3.55. The molecule has 0 heterocycles. The highest BCUT2D eigenvalue weighted by molar-refractivity contribution is 5.95. The summed E-state index contributed by atoms with van der Waals surface area (Å²) < 4.78 is 21.2. The summed E-state index contributed by atoms with van der Waals surface area (Å²) in [5, 5.41) is 3.98. The molecule has 0 saturated heterocycles. The van der Waals surface area contributed by atoms with E-state index in [0.717, 1.165) is 0 Å². The van der Waals surface area contributed by atoms with Crippen LogP contribution < -0.4 is 24.4 Å². The van der Waals surface area contributed by atoms with Gasteiger partial charge in [0.2, 0.25) is 5.75 Å². The molecule has 0 radical (unpaired) electrons. The van der Waals surface area contributed by atoms with Crippen LogP contribution in [0.15, 0.2) is 54.2 Å². The Bertz CT molecular complexity index is 791. The number of ether oxygens (including phenoxy) is 4. The van der Waals surface area contributed by atoms with E-state index in [2.05, 4.69) is 17.1 Å². The lowest BCUT2D eigenvalue weighted by Crippen LogP contribution is -2.17. The largest absolute Gasteiger partial charge is 0.493 e. The summed E-state index contributed by atoms with van der Waals surface area (Å²) in [6, 6.07) is 10.2. The van der Waals surface area contributed by atoms with Crippen LogP contribution in [-0.4, -0.2) is 40.1 Å². The van der Waals surface area contributed by atoms with E-state index < -0.39 is 0 Å². The second-order valence-corrected chi connectivity index (χ2v) is 5.28. The molecule has 0 aliphatic heterocycles. The van der Waals surface area contributed by atoms with Gasteiger partial charge >= 0.3 is 0 Å². The fourth-order valence-electron chi connectivity index (χ4n) is 2.26. The molecule has 0 aliphatic rings. The van der Waals surface area contributed by atoms with E-state index in [9.17, 15) is 4.79 Å². The SMILES string of the molecule is C=CCOc1ccc(C(=O)NN=Cc2cc(OC)c(OC)c(OC)c2)cc1. The summed E-state index contributed by atoms with van der Waals surface area (Å²) in [4.78, 5) is 12.2. The average Bonchev–Trinajstić information content (AvgIpc) is 2.71. The Morgan fingerprint density at radius 1 is 1.07 bits per heavy atom. The first-order chi connectivity index (χ1) is 13.1. The van der Waals surface area contributed by atoms with E-state index in [-0.39, 0.29) is 5.91 Å². The van der Waals surface area contributed by atoms with Crippen LogP contribution in [0, 0.1) is 0 Å². The van der Waals surface area contributed by atoms with E-state index in [1.807, 2.05) is 0 Å². The minimum atomic E-state index is -0.339. The molecule has 7 nitrogen and oxygen atoms in total. The van der Waals surface area contributed by atoms with E-state index in [4.69, 9.17) is 18.9 Å². The average molecular weight is 370 g/mol. The maximum absolute atomic E-state index is 12.2. The van der Waals surface area contributed by atoms with Gasteiger partial charge in [-0.15, -0.1) is 0 Å². The molecule has 7 heteroatoms. The van der Waals surface area contributed by atoms with Gasteiger partial charge in [0.1, 0.15) is 12.4 Å². The fourth-order valence-corrected chi connectivity index (χ4v) is 2.26. The Balaban J connectivity index is 2.06. The number of hydrogen-bond donors (Lipinski definition) is 1. The van der Waals surface area contributed by atoms with Crippen LogP contribution >= 0.6 is 0 Å². The number of methoxy groups -OCH3 is 3. The third kappa shape index (κ3) is 5.24. The van der Waals surface area contributed by atoms with Gasteiger partial charge in [0, 0.05) is 11.1 Å². The molecule has 0 aromatic heterocycles. The van der Waals surface area contributed by atoms with Gasteiger partial charge in [0.15, 0.2) is 11.5 Å². The van der Waals surface area contributed by atoms with Gasteiger partial charge in [0.25, 0.3) is 5.91 Å². The molecule has 2 rings (SSSR count). The highest BCUT2D eigenvalue weighted by Crippen LogP contribution is 2.37. The van der Waals surface area contributed by atoms with Crippen LogP contribution in [0.2, 0.25) is 0 Å². The van der Waals surface area contributed by atoms with Gasteiger partial charge in [-0.1, -0.05) is 12.7 Å². The number of hydrazone groups is 1. The maximum atomic E-state index is 12.2. The number of nitrogens with zero attached hydrogens (tertiary/aromatic N) is 1. The second-order valence-electron chi connectivity index (χ2n) is 5.28. The monoisotopic (exact) mass is 370 g/mol. The van der Waals surface area contributed by atoms with Crippen molar-refractivity contribution in [2.24, 2.45) is 5.10 Å². The number of rotatable bonds is 9. The topological polar surface area (TPSA) is 78.4 Å². The Labute approximate surface area is 158 Å². The van der Waals surface area contributed by atoms with Crippen molar-refractivity contribution in [1.29, 1.82) is 0 Å². The summed E-state index contributed by atoms with van der Waals surface area (Å²) in [5.74, 6) is 1.81. The van der Waals surface area contributed by atoms with E-state index in [1.165, 1.54) is 27.5 Å². The van der Waals surface area contributed by atoms with Crippen molar-refractivity contribution in [3.8, 4) is 23.0 Å². The molecule has 0 spiro atoms. The van der Waals surface area contributed by atoms with Crippen molar-refractivity contribution in [3.05, 3.63) is 60.2 Å². The molecule has 0 fully saturated rings.